The Morgan fingerprint density at radius 1 is 1.19 bits per heavy atom. The normalized spacial score (nSPS) is 19.5. The van der Waals surface area contributed by atoms with Crippen LogP contribution in [-0.4, -0.2) is 42.5 Å². The van der Waals surface area contributed by atoms with E-state index in [1.165, 1.54) is 4.88 Å². The van der Waals surface area contributed by atoms with Crippen molar-refractivity contribution >= 4 is 35.1 Å². The van der Waals surface area contributed by atoms with Gasteiger partial charge < -0.3 is 10.6 Å². The summed E-state index contributed by atoms with van der Waals surface area (Å²) in [6.07, 6.45) is 6.94. The third-order valence-electron chi connectivity index (χ3n) is 7.39. The highest BCUT2D eigenvalue weighted by Gasteiger charge is 2.47. The summed E-state index contributed by atoms with van der Waals surface area (Å²) in [5, 5.41) is 9.07. The Balaban J connectivity index is 0.00000216. The standard InChI is InChI=1S/C22H26N8S.ClH/c1-13-19(15-11-26-28(3)14(15)2)30-16(4-7-25-30)21(27-13)29-8-5-22(6-9-29)10-17-18(20(22)23)24-12-31-17;/h4,7,11-12,20H,5-6,8-10,23H2,1-3H3;1H/t20-;/m1./s1. The number of anilines is 1. The minimum absolute atomic E-state index is 0. The van der Waals surface area contributed by atoms with Gasteiger partial charge in [0, 0.05) is 36.3 Å². The van der Waals surface area contributed by atoms with Gasteiger partial charge >= 0.3 is 0 Å². The fourth-order valence-corrected chi connectivity index (χ4v) is 6.35. The average Bonchev–Trinajstić information content (AvgIpc) is 3.53. The van der Waals surface area contributed by atoms with Crippen molar-refractivity contribution in [3.05, 3.63) is 45.9 Å². The van der Waals surface area contributed by atoms with Gasteiger partial charge in [0.2, 0.25) is 0 Å². The molecular formula is C22H27ClN8S. The molecule has 1 aliphatic carbocycles. The molecule has 32 heavy (non-hydrogen) atoms. The first-order chi connectivity index (χ1) is 15.0. The number of hydrogen-bond donors (Lipinski definition) is 1. The molecule has 0 unspecified atom stereocenters. The van der Waals surface area contributed by atoms with E-state index in [-0.39, 0.29) is 23.9 Å². The summed E-state index contributed by atoms with van der Waals surface area (Å²) in [4.78, 5) is 13.4. The van der Waals surface area contributed by atoms with Gasteiger partial charge in [-0.2, -0.15) is 10.2 Å². The van der Waals surface area contributed by atoms with Crippen molar-refractivity contribution in [2.24, 2.45) is 18.2 Å². The quantitative estimate of drug-likeness (QED) is 0.482. The highest BCUT2D eigenvalue weighted by Crippen LogP contribution is 2.51. The Kier molecular flexibility index (Phi) is 5.03. The molecule has 2 N–H and O–H groups in total. The lowest BCUT2D eigenvalue weighted by Gasteiger charge is -2.42. The predicted molar refractivity (Wildman–Crippen MR) is 129 cm³/mol. The summed E-state index contributed by atoms with van der Waals surface area (Å²) < 4.78 is 3.91. The van der Waals surface area contributed by atoms with Crippen LogP contribution in [0.2, 0.25) is 0 Å². The lowest BCUT2D eigenvalue weighted by Crippen LogP contribution is -2.45. The SMILES string of the molecule is Cc1nc(N2CCC3(CC2)Cc2scnc2[C@H]3N)c2ccnn2c1-c1cnn(C)c1C.Cl. The molecule has 0 radical (unpaired) electrons. The lowest BCUT2D eigenvalue weighted by atomic mass is 9.73. The highest BCUT2D eigenvalue weighted by molar-refractivity contribution is 7.09. The first-order valence-corrected chi connectivity index (χ1v) is 11.6. The first kappa shape index (κ1) is 21.4. The van der Waals surface area contributed by atoms with Gasteiger partial charge in [-0.3, -0.25) is 4.68 Å². The minimum atomic E-state index is 0. The maximum absolute atomic E-state index is 6.67. The molecule has 2 aliphatic rings. The predicted octanol–water partition coefficient (Wildman–Crippen LogP) is 3.47. The smallest absolute Gasteiger partial charge is 0.155 e. The number of piperidine rings is 1. The molecule has 4 aromatic rings. The van der Waals surface area contributed by atoms with Crippen molar-refractivity contribution in [3.63, 3.8) is 0 Å². The summed E-state index contributed by atoms with van der Waals surface area (Å²) in [7, 11) is 1.96. The molecule has 6 rings (SSSR count). The van der Waals surface area contributed by atoms with Crippen molar-refractivity contribution < 1.29 is 0 Å². The van der Waals surface area contributed by atoms with Crippen molar-refractivity contribution in [1.82, 2.24) is 29.4 Å². The van der Waals surface area contributed by atoms with Crippen LogP contribution in [0.4, 0.5) is 5.82 Å². The van der Waals surface area contributed by atoms with Crippen LogP contribution >= 0.6 is 23.7 Å². The molecule has 10 heteroatoms. The van der Waals surface area contributed by atoms with Crippen LogP contribution in [0.5, 0.6) is 0 Å². The van der Waals surface area contributed by atoms with E-state index >= 15 is 0 Å². The van der Waals surface area contributed by atoms with Crippen LogP contribution in [0.25, 0.3) is 16.8 Å². The molecule has 1 atom stereocenters. The van der Waals surface area contributed by atoms with Crippen LogP contribution in [0, 0.1) is 19.3 Å². The molecule has 8 nitrogen and oxygen atoms in total. The number of nitrogens with zero attached hydrogens (tertiary/aromatic N) is 7. The Morgan fingerprint density at radius 2 is 1.97 bits per heavy atom. The largest absolute Gasteiger partial charge is 0.355 e. The van der Waals surface area contributed by atoms with Gasteiger partial charge in [0.25, 0.3) is 0 Å². The molecule has 168 valence electrons. The fraction of sp³-hybridized carbons (Fsp3) is 0.455. The van der Waals surface area contributed by atoms with E-state index in [4.69, 9.17) is 10.7 Å². The van der Waals surface area contributed by atoms with Gasteiger partial charge in [0.05, 0.1) is 41.0 Å². The van der Waals surface area contributed by atoms with Crippen LogP contribution in [0.1, 0.15) is 40.8 Å². The maximum atomic E-state index is 6.67. The molecule has 1 saturated heterocycles. The molecule has 0 amide bonds. The van der Waals surface area contributed by atoms with Gasteiger partial charge in [0.1, 0.15) is 5.52 Å². The van der Waals surface area contributed by atoms with E-state index < -0.39 is 0 Å². The second kappa shape index (κ2) is 7.54. The fourth-order valence-electron chi connectivity index (χ4n) is 5.38. The van der Waals surface area contributed by atoms with Crippen LogP contribution < -0.4 is 10.6 Å². The summed E-state index contributed by atoms with van der Waals surface area (Å²) in [6, 6.07) is 2.11. The van der Waals surface area contributed by atoms with Gasteiger partial charge in [-0.1, -0.05) is 0 Å². The summed E-state index contributed by atoms with van der Waals surface area (Å²) in [5.74, 6) is 1.01. The molecule has 1 fully saturated rings. The van der Waals surface area contributed by atoms with E-state index in [2.05, 4.69) is 40.0 Å². The highest BCUT2D eigenvalue weighted by atomic mass is 35.5. The van der Waals surface area contributed by atoms with Crippen molar-refractivity contribution in [3.8, 4) is 11.3 Å². The minimum Gasteiger partial charge on any atom is -0.355 e. The number of aromatic nitrogens is 6. The molecule has 0 aromatic carbocycles. The molecular weight excluding hydrogens is 444 g/mol. The number of nitrogens with two attached hydrogens (primary N) is 1. The second-order valence-electron chi connectivity index (χ2n) is 8.93. The van der Waals surface area contributed by atoms with Crippen LogP contribution in [0.3, 0.4) is 0 Å². The lowest BCUT2D eigenvalue weighted by molar-refractivity contribution is 0.186. The summed E-state index contributed by atoms with van der Waals surface area (Å²) in [5.41, 5.74) is 15.1. The van der Waals surface area contributed by atoms with E-state index in [1.54, 1.807) is 11.3 Å². The summed E-state index contributed by atoms with van der Waals surface area (Å²) in [6.45, 7) is 6.03. The molecule has 1 aliphatic heterocycles. The Labute approximate surface area is 196 Å². The van der Waals surface area contributed by atoms with Crippen molar-refractivity contribution in [1.29, 1.82) is 0 Å². The van der Waals surface area contributed by atoms with E-state index in [9.17, 15) is 0 Å². The number of thiazole rings is 1. The first-order valence-electron chi connectivity index (χ1n) is 10.7. The molecule has 5 heterocycles. The Hall–Kier alpha value is -2.49. The molecule has 1 spiro atoms. The monoisotopic (exact) mass is 470 g/mol. The average molecular weight is 471 g/mol. The summed E-state index contributed by atoms with van der Waals surface area (Å²) >= 11 is 1.75. The van der Waals surface area contributed by atoms with Gasteiger partial charge in [-0.15, -0.1) is 23.7 Å². The van der Waals surface area contributed by atoms with E-state index in [0.29, 0.717) is 0 Å². The molecule has 0 saturated carbocycles. The van der Waals surface area contributed by atoms with E-state index in [1.807, 2.05) is 34.1 Å². The number of rotatable bonds is 2. The molecule has 0 bridgehead atoms. The Bertz CT molecular complexity index is 1300. The molecule has 4 aromatic heterocycles. The van der Waals surface area contributed by atoms with E-state index in [0.717, 1.165) is 72.0 Å². The zero-order chi connectivity index (χ0) is 21.3. The van der Waals surface area contributed by atoms with Crippen molar-refractivity contribution in [2.75, 3.05) is 18.0 Å². The topological polar surface area (TPSA) is 90.2 Å². The number of halogens is 1. The maximum Gasteiger partial charge on any atom is 0.155 e. The van der Waals surface area contributed by atoms with Crippen LogP contribution in [-0.2, 0) is 13.5 Å². The van der Waals surface area contributed by atoms with Crippen molar-refractivity contribution in [2.45, 2.75) is 39.2 Å². The second-order valence-corrected chi connectivity index (χ2v) is 9.87. The van der Waals surface area contributed by atoms with Gasteiger partial charge in [-0.25, -0.2) is 14.5 Å². The van der Waals surface area contributed by atoms with Crippen LogP contribution in [0.15, 0.2) is 24.0 Å². The number of aryl methyl sites for hydroxylation is 2. The van der Waals surface area contributed by atoms with Gasteiger partial charge in [-0.05, 0) is 44.6 Å². The van der Waals surface area contributed by atoms with Gasteiger partial charge in [0.15, 0.2) is 5.82 Å². The number of fused-ring (bicyclic) bond motifs is 2. The zero-order valence-electron chi connectivity index (χ0n) is 18.4. The zero-order valence-corrected chi connectivity index (χ0v) is 20.1. The third kappa shape index (κ3) is 2.91. The number of hydrogen-bond acceptors (Lipinski definition) is 7. The third-order valence-corrected chi connectivity index (χ3v) is 8.24. The Morgan fingerprint density at radius 3 is 2.66 bits per heavy atom.